The van der Waals surface area contributed by atoms with Gasteiger partial charge in [0, 0.05) is 13.5 Å². The van der Waals surface area contributed by atoms with Gasteiger partial charge in [0.1, 0.15) is 0 Å². The molecule has 0 saturated heterocycles. The number of hydrogen-bond donors (Lipinski definition) is 1. The van der Waals surface area contributed by atoms with Gasteiger partial charge in [-0.3, -0.25) is 4.79 Å². The van der Waals surface area contributed by atoms with Gasteiger partial charge in [0.05, 0.1) is 0 Å². The number of nitrogens with one attached hydrogen (secondary N) is 1. The van der Waals surface area contributed by atoms with Gasteiger partial charge in [-0.15, -0.1) is 0 Å². The molecule has 1 aromatic rings. The fourth-order valence-corrected chi connectivity index (χ4v) is 3.31. The standard InChI is InChI=1S/C20H29NO/c1-14-12-17-18(20(5,6)10-9-19(17,3)4)13-16(14)8-7-11-21-15(2)22/h7-8,12-13H,9-11H2,1-6H3,(H,21,22). The van der Waals surface area contributed by atoms with E-state index in [0.717, 1.165) is 0 Å². The molecule has 0 bridgehead atoms. The van der Waals surface area contributed by atoms with E-state index in [1.54, 1.807) is 6.92 Å². The highest BCUT2D eigenvalue weighted by Gasteiger charge is 2.37. The summed E-state index contributed by atoms with van der Waals surface area (Å²) >= 11 is 0. The third kappa shape index (κ3) is 3.43. The van der Waals surface area contributed by atoms with Crippen molar-refractivity contribution in [2.75, 3.05) is 6.54 Å². The molecule has 0 spiro atoms. The van der Waals surface area contributed by atoms with Crippen LogP contribution in [0.15, 0.2) is 18.2 Å². The molecule has 22 heavy (non-hydrogen) atoms. The molecule has 0 radical (unpaired) electrons. The summed E-state index contributed by atoms with van der Waals surface area (Å²) in [6.45, 7) is 13.7. The van der Waals surface area contributed by atoms with Crippen molar-refractivity contribution < 1.29 is 4.79 Å². The first kappa shape index (κ1) is 16.8. The van der Waals surface area contributed by atoms with Crippen LogP contribution in [0.3, 0.4) is 0 Å². The molecule has 0 heterocycles. The van der Waals surface area contributed by atoms with Gasteiger partial charge in [-0.2, -0.15) is 0 Å². The van der Waals surface area contributed by atoms with E-state index < -0.39 is 0 Å². The van der Waals surface area contributed by atoms with Crippen molar-refractivity contribution in [3.63, 3.8) is 0 Å². The molecule has 0 unspecified atom stereocenters. The minimum absolute atomic E-state index is 0.00898. The zero-order valence-corrected chi connectivity index (χ0v) is 14.8. The van der Waals surface area contributed by atoms with Crippen molar-refractivity contribution in [1.29, 1.82) is 0 Å². The lowest BCUT2D eigenvalue weighted by Gasteiger charge is -2.42. The van der Waals surface area contributed by atoms with Crippen LogP contribution >= 0.6 is 0 Å². The van der Waals surface area contributed by atoms with Crippen LogP contribution in [0.2, 0.25) is 0 Å². The summed E-state index contributed by atoms with van der Waals surface area (Å²) in [5, 5.41) is 2.80. The highest BCUT2D eigenvalue weighted by molar-refractivity contribution is 5.73. The smallest absolute Gasteiger partial charge is 0.217 e. The molecule has 0 saturated carbocycles. The zero-order chi connectivity index (χ0) is 16.5. The van der Waals surface area contributed by atoms with Crippen molar-refractivity contribution in [1.82, 2.24) is 5.32 Å². The molecule has 2 heteroatoms. The summed E-state index contributed by atoms with van der Waals surface area (Å²) < 4.78 is 0. The van der Waals surface area contributed by atoms with Crippen LogP contribution in [0.5, 0.6) is 0 Å². The average molecular weight is 299 g/mol. The summed E-state index contributed by atoms with van der Waals surface area (Å²) in [6, 6.07) is 4.73. The lowest BCUT2D eigenvalue weighted by Crippen LogP contribution is -2.34. The predicted octanol–water partition coefficient (Wildman–Crippen LogP) is 4.49. The summed E-state index contributed by atoms with van der Waals surface area (Å²) in [5.41, 5.74) is 6.04. The fourth-order valence-electron chi connectivity index (χ4n) is 3.31. The van der Waals surface area contributed by atoms with Gasteiger partial charge >= 0.3 is 0 Å². The molecule has 120 valence electrons. The molecule has 1 amide bonds. The van der Waals surface area contributed by atoms with Gasteiger partial charge in [-0.1, -0.05) is 52.0 Å². The zero-order valence-electron chi connectivity index (χ0n) is 14.8. The van der Waals surface area contributed by atoms with Crippen LogP contribution in [0.1, 0.15) is 69.7 Å². The highest BCUT2D eigenvalue weighted by Crippen LogP contribution is 2.46. The normalized spacial score (nSPS) is 19.0. The first-order valence-corrected chi connectivity index (χ1v) is 8.20. The Morgan fingerprint density at radius 2 is 1.68 bits per heavy atom. The van der Waals surface area contributed by atoms with Gasteiger partial charge in [0.15, 0.2) is 0 Å². The van der Waals surface area contributed by atoms with Gasteiger partial charge < -0.3 is 5.32 Å². The fraction of sp³-hybridized carbons (Fsp3) is 0.550. The number of hydrogen-bond acceptors (Lipinski definition) is 1. The van der Waals surface area contributed by atoms with E-state index in [9.17, 15) is 4.79 Å². The molecule has 1 aliphatic carbocycles. The van der Waals surface area contributed by atoms with Gasteiger partial charge in [-0.05, 0) is 52.8 Å². The molecule has 2 nitrogen and oxygen atoms in total. The third-order valence-corrected chi connectivity index (χ3v) is 5.01. The maximum Gasteiger partial charge on any atom is 0.217 e. The number of aryl methyl sites for hydroxylation is 1. The highest BCUT2D eigenvalue weighted by atomic mass is 16.1. The summed E-state index contributed by atoms with van der Waals surface area (Å²) in [6.07, 6.45) is 6.62. The van der Waals surface area contributed by atoms with Crippen molar-refractivity contribution in [2.24, 2.45) is 0 Å². The Hall–Kier alpha value is -1.57. The molecule has 1 aromatic carbocycles. The van der Waals surface area contributed by atoms with E-state index >= 15 is 0 Å². The van der Waals surface area contributed by atoms with Gasteiger partial charge in [0.25, 0.3) is 0 Å². The number of amides is 1. The van der Waals surface area contributed by atoms with Gasteiger partial charge in [-0.25, -0.2) is 0 Å². The number of rotatable bonds is 3. The Bertz CT molecular complexity index is 608. The molecule has 2 rings (SSSR count). The third-order valence-electron chi connectivity index (χ3n) is 5.01. The number of benzene rings is 1. The summed E-state index contributed by atoms with van der Waals surface area (Å²) in [4.78, 5) is 10.9. The molecular weight excluding hydrogens is 270 g/mol. The Balaban J connectivity index is 2.37. The molecule has 1 aliphatic rings. The Morgan fingerprint density at radius 1 is 1.14 bits per heavy atom. The van der Waals surface area contributed by atoms with Crippen LogP contribution in [0, 0.1) is 6.92 Å². The van der Waals surface area contributed by atoms with E-state index in [-0.39, 0.29) is 16.7 Å². The molecule has 0 aliphatic heterocycles. The summed E-state index contributed by atoms with van der Waals surface area (Å²) in [7, 11) is 0. The largest absolute Gasteiger partial charge is 0.353 e. The second kappa shape index (κ2) is 5.91. The minimum atomic E-state index is 0.00898. The quantitative estimate of drug-likeness (QED) is 0.875. The van der Waals surface area contributed by atoms with E-state index in [4.69, 9.17) is 0 Å². The number of carbonyl (C=O) groups excluding carboxylic acids is 1. The maximum absolute atomic E-state index is 10.9. The van der Waals surface area contributed by atoms with Crippen LogP contribution < -0.4 is 5.32 Å². The van der Waals surface area contributed by atoms with Crippen LogP contribution in [0.25, 0.3) is 6.08 Å². The Kier molecular flexibility index (Phi) is 4.51. The van der Waals surface area contributed by atoms with Crippen molar-refractivity contribution in [2.45, 2.75) is 65.2 Å². The lowest BCUT2D eigenvalue weighted by atomic mass is 9.62. The average Bonchev–Trinajstić information content (AvgIpc) is 2.41. The van der Waals surface area contributed by atoms with E-state index in [2.05, 4.69) is 58.1 Å². The van der Waals surface area contributed by atoms with Crippen molar-refractivity contribution >= 4 is 12.0 Å². The molecule has 0 atom stereocenters. The second-order valence-corrected chi connectivity index (χ2v) is 7.86. The van der Waals surface area contributed by atoms with Crippen molar-refractivity contribution in [3.8, 4) is 0 Å². The SMILES string of the molecule is CC(=O)NCC=Cc1cc2c(cc1C)C(C)(C)CCC2(C)C. The second-order valence-electron chi connectivity index (χ2n) is 7.86. The van der Waals surface area contributed by atoms with Crippen molar-refractivity contribution in [3.05, 3.63) is 40.5 Å². The molecule has 0 aromatic heterocycles. The molecule has 1 N–H and O–H groups in total. The number of carbonyl (C=O) groups is 1. The summed E-state index contributed by atoms with van der Waals surface area (Å²) in [5.74, 6) is 0.00898. The molecule has 0 fully saturated rings. The predicted molar refractivity (Wildman–Crippen MR) is 94.2 cm³/mol. The maximum atomic E-state index is 10.9. The first-order valence-electron chi connectivity index (χ1n) is 8.20. The Morgan fingerprint density at radius 3 is 2.23 bits per heavy atom. The Labute approximate surface area is 135 Å². The van der Waals surface area contributed by atoms with Crippen LogP contribution in [-0.2, 0) is 15.6 Å². The first-order chi connectivity index (χ1) is 10.1. The monoisotopic (exact) mass is 299 g/mol. The van der Waals surface area contributed by atoms with Crippen LogP contribution in [-0.4, -0.2) is 12.5 Å². The van der Waals surface area contributed by atoms with Gasteiger partial charge in [0.2, 0.25) is 5.91 Å². The van der Waals surface area contributed by atoms with E-state index in [1.165, 1.54) is 35.1 Å². The van der Waals surface area contributed by atoms with E-state index in [0.29, 0.717) is 6.54 Å². The lowest BCUT2D eigenvalue weighted by molar-refractivity contribution is -0.118. The minimum Gasteiger partial charge on any atom is -0.353 e. The number of fused-ring (bicyclic) bond motifs is 1. The van der Waals surface area contributed by atoms with Crippen LogP contribution in [0.4, 0.5) is 0 Å². The van der Waals surface area contributed by atoms with E-state index in [1.807, 2.05) is 6.08 Å². The topological polar surface area (TPSA) is 29.1 Å². The molecular formula is C20H29NO.